The topological polar surface area (TPSA) is 88.9 Å². The molecule has 0 spiro atoms. The molecule has 2 atom stereocenters. The molecule has 1 aliphatic heterocycles. The fourth-order valence-electron chi connectivity index (χ4n) is 4.55. The lowest BCUT2D eigenvalue weighted by Crippen LogP contribution is -2.40. The van der Waals surface area contributed by atoms with Crippen molar-refractivity contribution in [3.8, 4) is 0 Å². The number of rotatable bonds is 5. The first kappa shape index (κ1) is 24.1. The first-order valence-electron chi connectivity index (χ1n) is 12.0. The van der Waals surface area contributed by atoms with Gasteiger partial charge in [0, 0.05) is 32.1 Å². The van der Waals surface area contributed by atoms with E-state index in [9.17, 15) is 9.59 Å². The minimum atomic E-state index is -0.520. The molecule has 0 radical (unpaired) electrons. The Hall–Kier alpha value is -3.07. The molecule has 1 saturated carbocycles. The molecule has 1 saturated heterocycles. The number of hydrogen-bond acceptors (Lipinski definition) is 6. The Morgan fingerprint density at radius 3 is 2.59 bits per heavy atom. The molecule has 2 aliphatic rings. The first-order valence-corrected chi connectivity index (χ1v) is 12.0. The van der Waals surface area contributed by atoms with Crippen molar-refractivity contribution in [2.24, 2.45) is 0 Å². The van der Waals surface area contributed by atoms with Gasteiger partial charge in [0.2, 0.25) is 0 Å². The minimum Gasteiger partial charge on any atom is -0.445 e. The molecule has 184 valence electrons. The third-order valence-corrected chi connectivity index (χ3v) is 6.35. The van der Waals surface area contributed by atoms with Crippen molar-refractivity contribution in [1.29, 1.82) is 0 Å². The van der Waals surface area contributed by atoms with E-state index in [1.165, 1.54) is 0 Å². The number of hydrogen-bond donors (Lipinski definition) is 1. The van der Waals surface area contributed by atoms with E-state index in [2.05, 4.69) is 5.32 Å². The SMILES string of the molecule is CN1CCCN1C(=O)O[C@@H]1CC[C@H](c2cc(NC(=O)OCc3ccccc3)n(C(C)(C)C)n2)C1. The van der Waals surface area contributed by atoms with Crippen molar-refractivity contribution >= 4 is 18.0 Å². The highest BCUT2D eigenvalue weighted by molar-refractivity contribution is 5.83. The summed E-state index contributed by atoms with van der Waals surface area (Å²) in [6.07, 6.45) is 2.46. The summed E-state index contributed by atoms with van der Waals surface area (Å²) in [6, 6.07) is 11.5. The number of benzene rings is 1. The summed E-state index contributed by atoms with van der Waals surface area (Å²) in [4.78, 5) is 25.0. The smallest absolute Gasteiger partial charge is 0.424 e. The lowest BCUT2D eigenvalue weighted by molar-refractivity contribution is 0.00895. The van der Waals surface area contributed by atoms with Crippen LogP contribution >= 0.6 is 0 Å². The van der Waals surface area contributed by atoms with Crippen molar-refractivity contribution in [3.05, 3.63) is 47.7 Å². The number of aromatic nitrogens is 2. The van der Waals surface area contributed by atoms with Gasteiger partial charge in [-0.25, -0.2) is 24.3 Å². The molecule has 1 aromatic carbocycles. The number of anilines is 1. The predicted molar refractivity (Wildman–Crippen MR) is 128 cm³/mol. The van der Waals surface area contributed by atoms with Gasteiger partial charge in [-0.3, -0.25) is 5.32 Å². The van der Waals surface area contributed by atoms with Crippen LogP contribution in [0.15, 0.2) is 36.4 Å². The molecular weight excluding hydrogens is 434 g/mol. The van der Waals surface area contributed by atoms with Crippen molar-refractivity contribution in [1.82, 2.24) is 19.8 Å². The van der Waals surface area contributed by atoms with E-state index in [4.69, 9.17) is 14.6 Å². The van der Waals surface area contributed by atoms with Crippen molar-refractivity contribution < 1.29 is 19.1 Å². The van der Waals surface area contributed by atoms with Crippen molar-refractivity contribution in [3.63, 3.8) is 0 Å². The average molecular weight is 470 g/mol. The van der Waals surface area contributed by atoms with Crippen LogP contribution in [0.25, 0.3) is 0 Å². The van der Waals surface area contributed by atoms with E-state index in [0.717, 1.165) is 43.5 Å². The summed E-state index contributed by atoms with van der Waals surface area (Å²) < 4.78 is 13.0. The van der Waals surface area contributed by atoms with E-state index in [1.54, 1.807) is 5.01 Å². The molecule has 2 aromatic rings. The van der Waals surface area contributed by atoms with Gasteiger partial charge in [0.15, 0.2) is 0 Å². The van der Waals surface area contributed by atoms with Gasteiger partial charge in [0.1, 0.15) is 18.5 Å². The number of nitrogens with zero attached hydrogens (tertiary/aromatic N) is 4. The number of ether oxygens (including phenoxy) is 2. The van der Waals surface area contributed by atoms with E-state index >= 15 is 0 Å². The molecule has 2 fully saturated rings. The molecule has 1 aliphatic carbocycles. The van der Waals surface area contributed by atoms with Crippen LogP contribution in [0, 0.1) is 0 Å². The summed E-state index contributed by atoms with van der Waals surface area (Å²) in [5, 5.41) is 11.3. The molecule has 9 heteroatoms. The average Bonchev–Trinajstić information content (AvgIpc) is 3.52. The van der Waals surface area contributed by atoms with Crippen LogP contribution in [-0.2, 0) is 21.6 Å². The second kappa shape index (κ2) is 10.0. The molecule has 34 heavy (non-hydrogen) atoms. The molecular formula is C25H35N5O4. The van der Waals surface area contributed by atoms with E-state index in [-0.39, 0.29) is 30.3 Å². The number of carbonyl (C=O) groups excluding carboxylic acids is 2. The third-order valence-electron chi connectivity index (χ3n) is 6.35. The van der Waals surface area contributed by atoms with Crippen LogP contribution in [0.5, 0.6) is 0 Å². The first-order chi connectivity index (χ1) is 16.2. The fraction of sp³-hybridized carbons (Fsp3) is 0.560. The maximum Gasteiger partial charge on any atom is 0.424 e. The zero-order valence-electron chi connectivity index (χ0n) is 20.5. The second-order valence-electron chi connectivity index (χ2n) is 10.1. The van der Waals surface area contributed by atoms with Crippen molar-refractivity contribution in [2.75, 3.05) is 25.5 Å². The molecule has 1 aromatic heterocycles. The van der Waals surface area contributed by atoms with Crippen LogP contribution in [0.4, 0.5) is 15.4 Å². The van der Waals surface area contributed by atoms with Gasteiger partial charge in [-0.05, 0) is 52.0 Å². The molecule has 2 heterocycles. The maximum atomic E-state index is 12.5. The summed E-state index contributed by atoms with van der Waals surface area (Å²) in [7, 11) is 1.91. The number of amides is 2. The van der Waals surface area contributed by atoms with Crippen LogP contribution in [0.2, 0.25) is 0 Å². The monoisotopic (exact) mass is 469 g/mol. The van der Waals surface area contributed by atoms with Crippen LogP contribution in [0.1, 0.15) is 63.6 Å². The highest BCUT2D eigenvalue weighted by Crippen LogP contribution is 2.37. The molecule has 0 unspecified atom stereocenters. The van der Waals surface area contributed by atoms with Gasteiger partial charge < -0.3 is 9.47 Å². The van der Waals surface area contributed by atoms with Crippen LogP contribution in [0.3, 0.4) is 0 Å². The third kappa shape index (κ3) is 5.70. The van der Waals surface area contributed by atoms with Gasteiger partial charge in [-0.15, -0.1) is 0 Å². The highest BCUT2D eigenvalue weighted by Gasteiger charge is 2.34. The quantitative estimate of drug-likeness (QED) is 0.682. The van der Waals surface area contributed by atoms with Crippen molar-refractivity contribution in [2.45, 2.75) is 70.6 Å². The van der Waals surface area contributed by atoms with Gasteiger partial charge >= 0.3 is 12.2 Å². The standard InChI is InChI=1S/C25H35N5O4/c1-25(2,3)30-22(26-23(31)33-17-18-9-6-5-7-10-18)16-21(27-30)19-11-12-20(15-19)34-24(32)29-14-8-13-28(29)4/h5-7,9-10,16,19-20H,8,11-15,17H2,1-4H3,(H,26,31)/t19-,20+/m0/s1. The van der Waals surface area contributed by atoms with Gasteiger partial charge in [-0.1, -0.05) is 30.3 Å². The maximum absolute atomic E-state index is 12.5. The Labute approximate surface area is 201 Å². The van der Waals surface area contributed by atoms with Gasteiger partial charge in [0.25, 0.3) is 0 Å². The van der Waals surface area contributed by atoms with E-state index < -0.39 is 6.09 Å². The fourth-order valence-corrected chi connectivity index (χ4v) is 4.55. The zero-order chi connectivity index (χ0) is 24.3. The Balaban J connectivity index is 1.38. The Kier molecular flexibility index (Phi) is 7.11. The Morgan fingerprint density at radius 1 is 1.15 bits per heavy atom. The normalized spacial score (nSPS) is 21.0. The predicted octanol–water partition coefficient (Wildman–Crippen LogP) is 4.71. The number of nitrogens with one attached hydrogen (secondary N) is 1. The highest BCUT2D eigenvalue weighted by atomic mass is 16.6. The lowest BCUT2D eigenvalue weighted by Gasteiger charge is -2.25. The molecule has 0 bridgehead atoms. The van der Waals surface area contributed by atoms with Gasteiger partial charge in [-0.2, -0.15) is 5.10 Å². The summed E-state index contributed by atoms with van der Waals surface area (Å²) in [5.74, 6) is 0.762. The van der Waals surface area contributed by atoms with Gasteiger partial charge in [0.05, 0.1) is 11.2 Å². The molecule has 2 amide bonds. The molecule has 1 N–H and O–H groups in total. The summed E-state index contributed by atoms with van der Waals surface area (Å²) in [6.45, 7) is 7.89. The lowest BCUT2D eigenvalue weighted by atomic mass is 10.0. The number of hydrazine groups is 1. The molecule has 4 rings (SSSR count). The Morgan fingerprint density at radius 2 is 1.91 bits per heavy atom. The Bertz CT molecular complexity index is 1000. The second-order valence-corrected chi connectivity index (χ2v) is 10.1. The minimum absolute atomic E-state index is 0.126. The summed E-state index contributed by atoms with van der Waals surface area (Å²) in [5.41, 5.74) is 1.49. The van der Waals surface area contributed by atoms with E-state index in [1.807, 2.05) is 73.9 Å². The summed E-state index contributed by atoms with van der Waals surface area (Å²) >= 11 is 0. The molecule has 9 nitrogen and oxygen atoms in total. The van der Waals surface area contributed by atoms with Crippen LogP contribution < -0.4 is 5.32 Å². The van der Waals surface area contributed by atoms with Crippen LogP contribution in [-0.4, -0.2) is 58.2 Å². The number of carbonyl (C=O) groups is 2. The zero-order valence-corrected chi connectivity index (χ0v) is 20.5. The van der Waals surface area contributed by atoms with E-state index in [0.29, 0.717) is 12.4 Å². The largest absolute Gasteiger partial charge is 0.445 e.